The third-order valence-electron chi connectivity index (χ3n) is 4.02. The maximum Gasteiger partial charge on any atom is 0.338 e. The Morgan fingerprint density at radius 3 is 2.88 bits per heavy atom. The van der Waals surface area contributed by atoms with E-state index in [1.54, 1.807) is 23.6 Å². The Morgan fingerprint density at radius 1 is 1.27 bits per heavy atom. The average molecular weight is 370 g/mol. The number of fused-ring (bicyclic) bond motifs is 3. The van der Waals surface area contributed by atoms with E-state index in [9.17, 15) is 4.79 Å². The molecule has 0 spiro atoms. The molecule has 2 N–H and O–H groups in total. The van der Waals surface area contributed by atoms with Crippen LogP contribution < -0.4 is 5.32 Å². The third-order valence-corrected chi connectivity index (χ3v) is 4.25. The first-order chi connectivity index (χ1) is 12.5. The molecule has 0 radical (unpaired) electrons. The first-order valence-electron chi connectivity index (χ1n) is 8.13. The monoisotopic (exact) mass is 369 g/mol. The largest absolute Gasteiger partial charge is 0.462 e. The number of aryl methyl sites for hydroxylation is 1. The minimum atomic E-state index is -0.361. The van der Waals surface area contributed by atoms with Gasteiger partial charge in [0.05, 0.1) is 23.2 Å². The smallest absolute Gasteiger partial charge is 0.338 e. The fraction of sp³-hybridized carbons (Fsp3) is 0.167. The van der Waals surface area contributed by atoms with Gasteiger partial charge >= 0.3 is 5.97 Å². The molecular formula is C18H16ClN5O2. The summed E-state index contributed by atoms with van der Waals surface area (Å²) in [7, 11) is 0. The van der Waals surface area contributed by atoms with Crippen LogP contribution in [0.3, 0.4) is 0 Å². The van der Waals surface area contributed by atoms with Crippen molar-refractivity contribution < 1.29 is 9.53 Å². The number of H-pyrrole nitrogens is 1. The topological polar surface area (TPSA) is 84.3 Å². The van der Waals surface area contributed by atoms with E-state index >= 15 is 0 Å². The van der Waals surface area contributed by atoms with Crippen LogP contribution in [-0.4, -0.2) is 32.2 Å². The molecule has 0 bridgehead atoms. The van der Waals surface area contributed by atoms with Crippen molar-refractivity contribution in [3.05, 3.63) is 52.5 Å². The lowest BCUT2D eigenvalue weighted by Crippen LogP contribution is -2.04. The lowest BCUT2D eigenvalue weighted by molar-refractivity contribution is 0.0526. The van der Waals surface area contributed by atoms with E-state index in [-0.39, 0.29) is 5.97 Å². The number of ether oxygens (including phenoxy) is 1. The fourth-order valence-corrected chi connectivity index (χ4v) is 3.00. The van der Waals surface area contributed by atoms with Crippen molar-refractivity contribution in [1.82, 2.24) is 19.6 Å². The molecule has 2 aromatic carbocycles. The van der Waals surface area contributed by atoms with Crippen LogP contribution in [0.2, 0.25) is 5.02 Å². The van der Waals surface area contributed by atoms with Gasteiger partial charge in [-0.15, -0.1) is 0 Å². The number of carbonyl (C=O) groups is 1. The van der Waals surface area contributed by atoms with E-state index in [2.05, 4.69) is 20.4 Å². The highest BCUT2D eigenvalue weighted by Gasteiger charge is 2.13. The molecule has 0 aliphatic rings. The Bertz CT molecular complexity index is 1130. The molecule has 2 aromatic heterocycles. The van der Waals surface area contributed by atoms with Gasteiger partial charge in [0.15, 0.2) is 0 Å². The van der Waals surface area contributed by atoms with Gasteiger partial charge in [-0.05, 0) is 55.8 Å². The van der Waals surface area contributed by atoms with Crippen LogP contribution >= 0.6 is 11.6 Å². The molecule has 26 heavy (non-hydrogen) atoms. The number of halogens is 1. The SMILES string of the molecule is CCOC(=O)c1ccc2c(c1)nc1nc(Nc3ccc(Cl)cc3C)[nH]n12. The highest BCUT2D eigenvalue weighted by atomic mass is 35.5. The molecule has 0 saturated carbocycles. The summed E-state index contributed by atoms with van der Waals surface area (Å²) < 4.78 is 6.78. The third kappa shape index (κ3) is 2.86. The second-order valence-corrected chi connectivity index (χ2v) is 6.26. The number of nitrogens with zero attached hydrogens (tertiary/aromatic N) is 3. The number of esters is 1. The number of aromatic nitrogens is 4. The molecular weight excluding hydrogens is 354 g/mol. The van der Waals surface area contributed by atoms with Gasteiger partial charge in [0.1, 0.15) is 0 Å². The van der Waals surface area contributed by atoms with Crippen molar-refractivity contribution >= 4 is 46.0 Å². The molecule has 0 aliphatic carbocycles. The molecule has 0 amide bonds. The van der Waals surface area contributed by atoms with Crippen LogP contribution in [0.25, 0.3) is 16.8 Å². The fourth-order valence-electron chi connectivity index (χ4n) is 2.78. The Hall–Kier alpha value is -3.06. The van der Waals surface area contributed by atoms with E-state index in [0.717, 1.165) is 16.8 Å². The molecule has 2 heterocycles. The zero-order chi connectivity index (χ0) is 18.3. The molecule has 0 aliphatic heterocycles. The van der Waals surface area contributed by atoms with Crippen LogP contribution in [0.5, 0.6) is 0 Å². The van der Waals surface area contributed by atoms with Gasteiger partial charge < -0.3 is 10.1 Å². The molecule has 0 atom stereocenters. The van der Waals surface area contributed by atoms with Gasteiger partial charge in [-0.25, -0.2) is 14.3 Å². The Labute approximate surface area is 153 Å². The van der Waals surface area contributed by atoms with Crippen molar-refractivity contribution in [2.45, 2.75) is 13.8 Å². The lowest BCUT2D eigenvalue weighted by Gasteiger charge is -2.06. The second kappa shape index (κ2) is 6.34. The van der Waals surface area contributed by atoms with Crippen LogP contribution in [-0.2, 0) is 4.74 Å². The maximum atomic E-state index is 11.9. The maximum absolute atomic E-state index is 11.9. The number of anilines is 2. The number of rotatable bonds is 4. The molecule has 0 fully saturated rings. The lowest BCUT2D eigenvalue weighted by atomic mass is 10.2. The van der Waals surface area contributed by atoms with Gasteiger partial charge in [-0.3, -0.25) is 5.10 Å². The standard InChI is InChI=1S/C18H16ClN5O2/c1-3-26-16(25)11-4-7-15-14(9-11)21-18-22-17(23-24(15)18)20-13-6-5-12(19)8-10(13)2/h4-9H,3H2,1-2H3,(H2,20,21,22,23). The number of nitrogens with one attached hydrogen (secondary N) is 2. The Balaban J connectivity index is 1.68. The number of hydrogen-bond acceptors (Lipinski definition) is 5. The number of carbonyl (C=O) groups excluding carboxylic acids is 1. The highest BCUT2D eigenvalue weighted by Crippen LogP contribution is 2.24. The van der Waals surface area contributed by atoms with Crippen molar-refractivity contribution in [3.8, 4) is 0 Å². The van der Waals surface area contributed by atoms with Crippen LogP contribution in [0.15, 0.2) is 36.4 Å². The molecule has 4 rings (SSSR count). The summed E-state index contributed by atoms with van der Waals surface area (Å²) in [5.74, 6) is 0.712. The molecule has 7 nitrogen and oxygen atoms in total. The van der Waals surface area contributed by atoms with Gasteiger partial charge in [-0.1, -0.05) is 11.6 Å². The van der Waals surface area contributed by atoms with E-state index in [4.69, 9.17) is 16.3 Å². The van der Waals surface area contributed by atoms with Crippen LogP contribution in [0, 0.1) is 6.92 Å². The molecule has 0 saturated heterocycles. The van der Waals surface area contributed by atoms with E-state index in [1.807, 2.05) is 31.2 Å². The minimum absolute atomic E-state index is 0.335. The number of aromatic amines is 1. The number of imidazole rings is 1. The normalized spacial score (nSPS) is 11.2. The summed E-state index contributed by atoms with van der Waals surface area (Å²) in [6.45, 7) is 4.08. The first-order valence-corrected chi connectivity index (χ1v) is 8.51. The Morgan fingerprint density at radius 2 is 2.12 bits per heavy atom. The zero-order valence-corrected chi connectivity index (χ0v) is 15.0. The van der Waals surface area contributed by atoms with Crippen molar-refractivity contribution in [2.24, 2.45) is 0 Å². The van der Waals surface area contributed by atoms with E-state index in [0.29, 0.717) is 34.4 Å². The van der Waals surface area contributed by atoms with Crippen molar-refractivity contribution in [1.29, 1.82) is 0 Å². The minimum Gasteiger partial charge on any atom is -0.462 e. The summed E-state index contributed by atoms with van der Waals surface area (Å²) in [5, 5.41) is 7.08. The molecule has 132 valence electrons. The summed E-state index contributed by atoms with van der Waals surface area (Å²) in [6, 6.07) is 10.8. The predicted molar refractivity (Wildman–Crippen MR) is 100 cm³/mol. The van der Waals surface area contributed by atoms with Crippen molar-refractivity contribution in [3.63, 3.8) is 0 Å². The summed E-state index contributed by atoms with van der Waals surface area (Å²) in [4.78, 5) is 20.8. The molecule has 0 unspecified atom stereocenters. The van der Waals surface area contributed by atoms with Gasteiger partial charge in [-0.2, -0.15) is 4.98 Å². The predicted octanol–water partition coefficient (Wildman–Crippen LogP) is 4.09. The van der Waals surface area contributed by atoms with Gasteiger partial charge in [0, 0.05) is 10.7 Å². The summed E-state index contributed by atoms with van der Waals surface area (Å²) >= 11 is 5.99. The second-order valence-electron chi connectivity index (χ2n) is 5.83. The van der Waals surface area contributed by atoms with Crippen LogP contribution in [0.1, 0.15) is 22.8 Å². The molecule has 8 heteroatoms. The quantitative estimate of drug-likeness (QED) is 0.529. The van der Waals surface area contributed by atoms with E-state index in [1.165, 1.54) is 0 Å². The van der Waals surface area contributed by atoms with Gasteiger partial charge in [0.25, 0.3) is 5.78 Å². The highest BCUT2D eigenvalue weighted by molar-refractivity contribution is 6.30. The summed E-state index contributed by atoms with van der Waals surface area (Å²) in [6.07, 6.45) is 0. The number of hydrogen-bond donors (Lipinski definition) is 2. The molecule has 4 aromatic rings. The summed E-state index contributed by atoms with van der Waals surface area (Å²) in [5.41, 5.74) is 3.87. The van der Waals surface area contributed by atoms with Gasteiger partial charge in [0.2, 0.25) is 5.95 Å². The zero-order valence-electron chi connectivity index (χ0n) is 14.2. The number of benzene rings is 2. The average Bonchev–Trinajstić information content (AvgIpc) is 3.14. The van der Waals surface area contributed by atoms with Crippen molar-refractivity contribution in [2.75, 3.05) is 11.9 Å². The Kier molecular flexibility index (Phi) is 4.00. The van der Waals surface area contributed by atoms with E-state index < -0.39 is 0 Å². The van der Waals surface area contributed by atoms with Crippen LogP contribution in [0.4, 0.5) is 11.6 Å². The first kappa shape index (κ1) is 16.4.